The van der Waals surface area contributed by atoms with E-state index in [1.165, 1.54) is 23.8 Å². The van der Waals surface area contributed by atoms with Gasteiger partial charge in [-0.15, -0.1) is 11.3 Å². The van der Waals surface area contributed by atoms with Gasteiger partial charge in [0.05, 0.1) is 5.69 Å². The first-order valence-electron chi connectivity index (χ1n) is 9.23. The van der Waals surface area contributed by atoms with Crippen molar-refractivity contribution in [1.82, 2.24) is 10.3 Å². The van der Waals surface area contributed by atoms with Crippen LogP contribution in [0.15, 0.2) is 29.6 Å². The van der Waals surface area contributed by atoms with E-state index in [0.29, 0.717) is 5.69 Å². The molecule has 2 aromatic rings. The van der Waals surface area contributed by atoms with E-state index < -0.39 is 6.04 Å². The van der Waals surface area contributed by atoms with Crippen molar-refractivity contribution in [3.63, 3.8) is 0 Å². The lowest BCUT2D eigenvalue weighted by atomic mass is 9.98. The van der Waals surface area contributed by atoms with Crippen molar-refractivity contribution in [3.05, 3.63) is 40.9 Å². The summed E-state index contributed by atoms with van der Waals surface area (Å²) in [5.74, 6) is -0.421. The Hall–Kier alpha value is -2.41. The molecule has 1 aliphatic carbocycles. The molecule has 27 heavy (non-hydrogen) atoms. The lowest BCUT2D eigenvalue weighted by Crippen LogP contribution is -2.45. The molecule has 1 heterocycles. The number of ether oxygens (including phenoxy) is 1. The van der Waals surface area contributed by atoms with E-state index in [2.05, 4.69) is 15.6 Å². The van der Waals surface area contributed by atoms with Gasteiger partial charge in [-0.2, -0.15) is 0 Å². The number of hydrogen-bond acceptors (Lipinski definition) is 6. The summed E-state index contributed by atoms with van der Waals surface area (Å²) in [7, 11) is 0. The molecule has 144 valence electrons. The molecule has 1 aromatic heterocycles. The zero-order valence-electron chi connectivity index (χ0n) is 15.7. The molecular weight excluding hydrogens is 362 g/mol. The molecule has 6 nitrogen and oxygen atoms in total. The van der Waals surface area contributed by atoms with Gasteiger partial charge in [-0.05, 0) is 37.8 Å². The highest BCUT2D eigenvalue weighted by atomic mass is 32.1. The van der Waals surface area contributed by atoms with E-state index >= 15 is 0 Å². The third-order valence-corrected chi connectivity index (χ3v) is 5.51. The van der Waals surface area contributed by atoms with Crippen LogP contribution in [-0.4, -0.2) is 22.9 Å². The number of esters is 1. The summed E-state index contributed by atoms with van der Waals surface area (Å²) in [6.07, 6.45) is 4.07. The van der Waals surface area contributed by atoms with Crippen molar-refractivity contribution in [2.45, 2.75) is 52.2 Å². The topological polar surface area (TPSA) is 80.3 Å². The van der Waals surface area contributed by atoms with Crippen LogP contribution in [0.4, 0.5) is 10.8 Å². The van der Waals surface area contributed by atoms with E-state index in [4.69, 9.17) is 4.74 Å². The minimum absolute atomic E-state index is 0.105. The third-order valence-electron chi connectivity index (χ3n) is 4.70. The molecule has 0 bridgehead atoms. The number of amides is 1. The average molecular weight is 388 g/mol. The largest absolute Gasteiger partial charge is 0.458 e. The van der Waals surface area contributed by atoms with Crippen LogP contribution in [0.3, 0.4) is 0 Å². The molecule has 0 spiro atoms. The number of rotatable bonds is 7. The number of carbonyl (C=O) groups is 2. The molecule has 1 fully saturated rings. The summed E-state index contributed by atoms with van der Waals surface area (Å²) < 4.78 is 5.45. The third kappa shape index (κ3) is 5.53. The predicted octanol–water partition coefficient (Wildman–Crippen LogP) is 3.93. The van der Waals surface area contributed by atoms with Crippen LogP contribution in [0.5, 0.6) is 0 Å². The summed E-state index contributed by atoms with van der Waals surface area (Å²) in [5, 5.41) is 8.62. The smallest absolute Gasteiger partial charge is 0.329 e. The van der Waals surface area contributed by atoms with Crippen molar-refractivity contribution < 1.29 is 14.3 Å². The quantitative estimate of drug-likeness (QED) is 0.704. The molecule has 0 saturated heterocycles. The number of nitrogens with zero attached hydrogens (tertiary/aromatic N) is 1. The molecule has 0 unspecified atom stereocenters. The lowest BCUT2D eigenvalue weighted by Gasteiger charge is -2.22. The number of aromatic nitrogens is 1. The molecule has 3 rings (SSSR count). The van der Waals surface area contributed by atoms with Gasteiger partial charge < -0.3 is 15.4 Å². The van der Waals surface area contributed by atoms with Gasteiger partial charge in [0.2, 0.25) is 5.91 Å². The molecular formula is C20H25N3O3S. The van der Waals surface area contributed by atoms with Gasteiger partial charge in [-0.1, -0.05) is 30.5 Å². The second kappa shape index (κ2) is 8.99. The van der Waals surface area contributed by atoms with E-state index in [-0.39, 0.29) is 24.4 Å². The van der Waals surface area contributed by atoms with Crippen molar-refractivity contribution in [1.29, 1.82) is 0 Å². The fraction of sp³-hybridized carbons (Fsp3) is 0.450. The van der Waals surface area contributed by atoms with E-state index in [0.717, 1.165) is 36.5 Å². The second-order valence-electron chi connectivity index (χ2n) is 6.97. The minimum Gasteiger partial charge on any atom is -0.458 e. The Kier molecular flexibility index (Phi) is 6.45. The number of anilines is 2. The van der Waals surface area contributed by atoms with Crippen LogP contribution in [-0.2, 0) is 20.9 Å². The van der Waals surface area contributed by atoms with Crippen molar-refractivity contribution in [2.24, 2.45) is 5.92 Å². The molecule has 1 amide bonds. The maximum absolute atomic E-state index is 12.5. The Morgan fingerprint density at radius 2 is 1.96 bits per heavy atom. The number of benzene rings is 1. The fourth-order valence-corrected chi connectivity index (χ4v) is 4.02. The summed E-state index contributed by atoms with van der Waals surface area (Å²) in [4.78, 5) is 28.4. The van der Waals surface area contributed by atoms with Gasteiger partial charge in [0.1, 0.15) is 12.6 Å². The summed E-state index contributed by atoms with van der Waals surface area (Å²) in [5.41, 5.74) is 2.85. The van der Waals surface area contributed by atoms with E-state index in [1.54, 1.807) is 0 Å². The zero-order chi connectivity index (χ0) is 19.2. The van der Waals surface area contributed by atoms with E-state index in [1.807, 2.05) is 36.6 Å². The number of hydrogen-bond donors (Lipinski definition) is 2. The molecule has 1 aromatic carbocycles. The Morgan fingerprint density at radius 1 is 1.26 bits per heavy atom. The zero-order valence-corrected chi connectivity index (χ0v) is 16.5. The molecule has 0 aliphatic heterocycles. The maximum Gasteiger partial charge on any atom is 0.329 e. The Balaban J connectivity index is 1.55. The molecule has 1 aliphatic rings. The van der Waals surface area contributed by atoms with Gasteiger partial charge in [-0.3, -0.25) is 4.79 Å². The molecule has 1 saturated carbocycles. The maximum atomic E-state index is 12.5. The van der Waals surface area contributed by atoms with Crippen LogP contribution in [0.2, 0.25) is 0 Å². The van der Waals surface area contributed by atoms with Crippen LogP contribution >= 0.6 is 11.3 Å². The van der Waals surface area contributed by atoms with Crippen molar-refractivity contribution in [2.75, 3.05) is 5.32 Å². The fourth-order valence-electron chi connectivity index (χ4n) is 3.30. The normalized spacial score (nSPS) is 15.3. The SMILES string of the molecule is CC(=O)N[C@H](C(=O)OCc1csc(Nc2ccc(C)cc2)n1)C1CCCC1. The Morgan fingerprint density at radius 3 is 2.63 bits per heavy atom. The highest BCUT2D eigenvalue weighted by Gasteiger charge is 2.32. The second-order valence-corrected chi connectivity index (χ2v) is 7.82. The highest BCUT2D eigenvalue weighted by molar-refractivity contribution is 7.13. The van der Waals surface area contributed by atoms with Crippen LogP contribution in [0.1, 0.15) is 43.9 Å². The Bertz CT molecular complexity index is 782. The summed E-state index contributed by atoms with van der Waals surface area (Å²) in [6, 6.07) is 7.49. The first kappa shape index (κ1) is 19.4. The average Bonchev–Trinajstić information content (AvgIpc) is 3.31. The number of carbonyl (C=O) groups excluding carboxylic acids is 2. The van der Waals surface area contributed by atoms with Crippen LogP contribution in [0.25, 0.3) is 0 Å². The van der Waals surface area contributed by atoms with Crippen LogP contribution < -0.4 is 10.6 Å². The Labute approximate surface area is 163 Å². The van der Waals surface area contributed by atoms with Gasteiger partial charge in [0, 0.05) is 18.0 Å². The number of thiazole rings is 1. The summed E-state index contributed by atoms with van der Waals surface area (Å²) >= 11 is 1.46. The van der Waals surface area contributed by atoms with Gasteiger partial charge in [0.15, 0.2) is 5.13 Å². The number of aryl methyl sites for hydroxylation is 1. The molecule has 0 radical (unpaired) electrons. The first-order chi connectivity index (χ1) is 13.0. The van der Waals surface area contributed by atoms with Crippen LogP contribution in [0, 0.1) is 12.8 Å². The summed E-state index contributed by atoms with van der Waals surface area (Å²) in [6.45, 7) is 3.58. The standard InChI is InChI=1S/C20H25N3O3S/c1-13-7-9-16(10-8-13)22-20-23-17(12-27-20)11-26-19(25)18(21-14(2)24)15-5-3-4-6-15/h7-10,12,15,18H,3-6,11H2,1-2H3,(H,21,24)(H,22,23)/t18-/m0/s1. The minimum atomic E-state index is -0.561. The van der Waals surface area contributed by atoms with Gasteiger partial charge >= 0.3 is 5.97 Å². The highest BCUT2D eigenvalue weighted by Crippen LogP contribution is 2.28. The van der Waals surface area contributed by atoms with E-state index in [9.17, 15) is 9.59 Å². The van der Waals surface area contributed by atoms with Gasteiger partial charge in [0.25, 0.3) is 0 Å². The van der Waals surface area contributed by atoms with Gasteiger partial charge in [-0.25, -0.2) is 9.78 Å². The molecule has 1 atom stereocenters. The first-order valence-corrected chi connectivity index (χ1v) is 10.1. The molecule has 2 N–H and O–H groups in total. The monoisotopic (exact) mass is 387 g/mol. The predicted molar refractivity (Wildman–Crippen MR) is 106 cm³/mol. The van der Waals surface area contributed by atoms with Crippen molar-refractivity contribution in [3.8, 4) is 0 Å². The number of nitrogens with one attached hydrogen (secondary N) is 2. The van der Waals surface area contributed by atoms with Crippen molar-refractivity contribution >= 4 is 34.0 Å². The lowest BCUT2D eigenvalue weighted by molar-refractivity contribution is -0.150. The molecule has 7 heteroatoms.